The van der Waals surface area contributed by atoms with Crippen molar-refractivity contribution in [2.24, 2.45) is 0 Å². The first-order valence-electron chi connectivity index (χ1n) is 21.6. The van der Waals surface area contributed by atoms with Gasteiger partial charge in [-0.05, 0) is 64.1 Å². The predicted molar refractivity (Wildman–Crippen MR) is 264 cm³/mol. The van der Waals surface area contributed by atoms with E-state index in [4.69, 9.17) is 9.97 Å². The lowest BCUT2D eigenvalue weighted by Gasteiger charge is -2.32. The van der Waals surface area contributed by atoms with Crippen LogP contribution in [0.2, 0.25) is 0 Å². The first-order valence-corrected chi connectivity index (χ1v) is 23.6. The quantitative estimate of drug-likeness (QED) is 0.157. The third kappa shape index (κ3) is 5.08. The largest absolute Gasteiger partial charge is 0.309 e. The van der Waals surface area contributed by atoms with Crippen LogP contribution in [0.1, 0.15) is 0 Å². The number of hydrogen-bond acceptors (Lipinski definition) is 2. The Morgan fingerprint density at radius 2 is 0.825 bits per heavy atom. The van der Waals surface area contributed by atoms with E-state index in [0.717, 1.165) is 44.9 Å². The lowest BCUT2D eigenvalue weighted by molar-refractivity contribution is 1.14. The van der Waals surface area contributed by atoms with Crippen LogP contribution in [0.4, 0.5) is 0 Å². The van der Waals surface area contributed by atoms with Gasteiger partial charge in [-0.3, -0.25) is 0 Å². The summed E-state index contributed by atoms with van der Waals surface area (Å²) in [6, 6.07) is 83.6. The maximum atomic E-state index is 5.78. The van der Waals surface area contributed by atoms with E-state index < -0.39 is 8.07 Å². The van der Waals surface area contributed by atoms with Crippen LogP contribution in [0.15, 0.2) is 231 Å². The molecular formula is C58H38N4Si. The van der Waals surface area contributed by atoms with Crippen molar-refractivity contribution in [2.45, 2.75) is 0 Å². The summed E-state index contributed by atoms with van der Waals surface area (Å²) in [4.78, 5) is 11.5. The van der Waals surface area contributed by atoms with Crippen molar-refractivity contribution in [3.05, 3.63) is 231 Å². The zero-order valence-electron chi connectivity index (χ0n) is 34.2. The molecule has 0 saturated heterocycles. The maximum absolute atomic E-state index is 5.78. The molecular weight excluding hydrogens is 781 g/mol. The van der Waals surface area contributed by atoms with E-state index in [1.165, 1.54) is 58.9 Å². The molecule has 12 aromatic rings. The number of para-hydroxylation sites is 4. The summed E-state index contributed by atoms with van der Waals surface area (Å²) in [5.41, 5.74) is 12.1. The highest BCUT2D eigenvalue weighted by Crippen LogP contribution is 2.44. The van der Waals surface area contributed by atoms with Crippen LogP contribution >= 0.6 is 0 Å². The number of hydrogen-bond donors (Lipinski definition) is 0. The summed E-state index contributed by atoms with van der Waals surface area (Å²) in [7, 11) is -2.92. The van der Waals surface area contributed by atoms with Gasteiger partial charge in [0.15, 0.2) is 13.9 Å². The zero-order chi connectivity index (χ0) is 41.5. The average Bonchev–Trinajstić information content (AvgIpc) is 3.99. The van der Waals surface area contributed by atoms with Crippen LogP contribution in [0.3, 0.4) is 0 Å². The van der Waals surface area contributed by atoms with Crippen molar-refractivity contribution < 1.29 is 0 Å². The van der Waals surface area contributed by atoms with Crippen LogP contribution in [-0.2, 0) is 0 Å². The summed E-state index contributed by atoms with van der Waals surface area (Å²) < 4.78 is 4.84. The molecule has 0 radical (unpaired) electrons. The van der Waals surface area contributed by atoms with Gasteiger partial charge >= 0.3 is 0 Å². The van der Waals surface area contributed by atoms with E-state index in [2.05, 4.69) is 240 Å². The Bertz CT molecular complexity index is 3690. The smallest absolute Gasteiger partial charge is 0.185 e. The second-order valence-electron chi connectivity index (χ2n) is 16.4. The maximum Gasteiger partial charge on any atom is 0.185 e. The standard InChI is InChI=1S/C58H38N4Si/c1-5-21-39(22-6-1)55-57-56(46-32-16-20-36-52(46)63(57,41-25-9-3-10-26-41)42-27-11-4-12-28-42)60-58(59-55)45-31-15-19-35-49(45)62-48-34-18-14-30-44(48)54-51(62)38-37-50-53(54)43-29-13-17-33-47(43)61(50)40-23-7-2-8-24-40/h1-38H. The van der Waals surface area contributed by atoms with Gasteiger partial charge < -0.3 is 9.13 Å². The Balaban J connectivity index is 1.12. The fraction of sp³-hybridized carbons (Fsp3) is 0. The topological polar surface area (TPSA) is 35.6 Å². The van der Waals surface area contributed by atoms with E-state index >= 15 is 0 Å². The minimum atomic E-state index is -2.92. The molecule has 0 bridgehead atoms. The van der Waals surface area contributed by atoms with E-state index in [1.54, 1.807) is 0 Å². The molecule has 0 spiro atoms. The fourth-order valence-electron chi connectivity index (χ4n) is 10.7. The summed E-state index contributed by atoms with van der Waals surface area (Å²) in [6.45, 7) is 0. The molecule has 0 unspecified atom stereocenters. The third-order valence-corrected chi connectivity index (χ3v) is 18.1. The van der Waals surface area contributed by atoms with Gasteiger partial charge in [-0.25, -0.2) is 9.97 Å². The van der Waals surface area contributed by atoms with Crippen LogP contribution in [0, 0.1) is 0 Å². The number of rotatable bonds is 6. The molecule has 9 aromatic carbocycles. The number of aromatic nitrogens is 4. The fourth-order valence-corrected chi connectivity index (χ4v) is 16.0. The van der Waals surface area contributed by atoms with Gasteiger partial charge in [0.2, 0.25) is 0 Å². The monoisotopic (exact) mass is 818 g/mol. The second-order valence-corrected chi connectivity index (χ2v) is 20.1. The summed E-state index contributed by atoms with van der Waals surface area (Å²) in [5.74, 6) is 0.705. The Labute approximate surface area is 365 Å². The van der Waals surface area contributed by atoms with Crippen molar-refractivity contribution in [1.82, 2.24) is 19.1 Å². The van der Waals surface area contributed by atoms with Gasteiger partial charge in [0.05, 0.1) is 39.1 Å². The van der Waals surface area contributed by atoms with Crippen LogP contribution < -0.4 is 20.7 Å². The van der Waals surface area contributed by atoms with Gasteiger partial charge in [0, 0.05) is 49.1 Å². The van der Waals surface area contributed by atoms with Crippen molar-refractivity contribution in [1.29, 1.82) is 0 Å². The Hall–Kier alpha value is -8.12. The average molecular weight is 819 g/mol. The molecule has 5 heteroatoms. The van der Waals surface area contributed by atoms with Crippen LogP contribution in [-0.4, -0.2) is 27.2 Å². The highest BCUT2D eigenvalue weighted by Gasteiger charge is 2.51. The minimum absolute atomic E-state index is 0.705. The molecule has 0 saturated carbocycles. The molecule has 294 valence electrons. The molecule has 4 nitrogen and oxygen atoms in total. The molecule has 1 aliphatic rings. The normalized spacial score (nSPS) is 12.9. The highest BCUT2D eigenvalue weighted by molar-refractivity contribution is 7.22. The Kier molecular flexibility index (Phi) is 7.89. The number of benzene rings is 9. The molecule has 4 heterocycles. The zero-order valence-corrected chi connectivity index (χ0v) is 35.2. The Morgan fingerprint density at radius 3 is 1.48 bits per heavy atom. The van der Waals surface area contributed by atoms with Crippen molar-refractivity contribution in [2.75, 3.05) is 0 Å². The van der Waals surface area contributed by atoms with Crippen molar-refractivity contribution in [3.63, 3.8) is 0 Å². The van der Waals surface area contributed by atoms with Gasteiger partial charge in [-0.1, -0.05) is 182 Å². The van der Waals surface area contributed by atoms with Crippen LogP contribution in [0.5, 0.6) is 0 Å². The first-order chi connectivity index (χ1) is 31.3. The molecule has 0 atom stereocenters. The van der Waals surface area contributed by atoms with Crippen molar-refractivity contribution in [3.8, 4) is 45.3 Å². The number of fused-ring (bicyclic) bond motifs is 10. The molecule has 3 aromatic heterocycles. The first kappa shape index (κ1) is 35.6. The molecule has 0 amide bonds. The number of nitrogens with zero attached hydrogens (tertiary/aromatic N) is 4. The van der Waals surface area contributed by atoms with E-state index in [0.29, 0.717) is 5.82 Å². The van der Waals surface area contributed by atoms with E-state index in [-0.39, 0.29) is 0 Å². The lowest BCUT2D eigenvalue weighted by atomic mass is 10.1. The third-order valence-electron chi connectivity index (χ3n) is 13.2. The molecule has 0 fully saturated rings. The summed E-state index contributed by atoms with van der Waals surface area (Å²) >= 11 is 0. The van der Waals surface area contributed by atoms with Gasteiger partial charge in [0.1, 0.15) is 0 Å². The van der Waals surface area contributed by atoms with Crippen LogP contribution in [0.25, 0.3) is 88.9 Å². The molecule has 13 rings (SSSR count). The Morgan fingerprint density at radius 1 is 0.349 bits per heavy atom. The molecule has 63 heavy (non-hydrogen) atoms. The SMILES string of the molecule is c1ccc(-c2nc(-c3ccccc3-n3c4ccccc4c4c5c6ccccc6n(-c6ccccc6)c5ccc43)nc3c2[Si](c2ccccc2)(c2ccccc2)c2ccccc2-3)cc1. The lowest BCUT2D eigenvalue weighted by Crippen LogP contribution is -2.73. The predicted octanol–water partition coefficient (Wildman–Crippen LogP) is 11.4. The second kappa shape index (κ2) is 14.0. The molecule has 1 aliphatic heterocycles. The van der Waals surface area contributed by atoms with E-state index in [9.17, 15) is 0 Å². The minimum Gasteiger partial charge on any atom is -0.309 e. The summed E-state index contributed by atoms with van der Waals surface area (Å²) in [5, 5.41) is 10.1. The van der Waals surface area contributed by atoms with Crippen molar-refractivity contribution >= 4 is 72.4 Å². The molecule has 0 N–H and O–H groups in total. The highest BCUT2D eigenvalue weighted by atomic mass is 28.3. The van der Waals surface area contributed by atoms with Gasteiger partial charge in [-0.15, -0.1) is 0 Å². The molecule has 0 aliphatic carbocycles. The van der Waals surface area contributed by atoms with Gasteiger partial charge in [-0.2, -0.15) is 0 Å². The van der Waals surface area contributed by atoms with Gasteiger partial charge in [0.25, 0.3) is 0 Å². The summed E-state index contributed by atoms with van der Waals surface area (Å²) in [6.07, 6.45) is 0. The van der Waals surface area contributed by atoms with E-state index in [1.807, 2.05) is 0 Å².